The number of aromatic amines is 2. The van der Waals surface area contributed by atoms with Crippen molar-refractivity contribution in [3.8, 4) is 0 Å². The maximum atomic E-state index is 10.3. The van der Waals surface area contributed by atoms with Crippen LogP contribution in [0.1, 0.15) is 79.5 Å². The fraction of sp³-hybridized carbons (Fsp3) is 0.419. The van der Waals surface area contributed by atoms with Gasteiger partial charge in [0, 0.05) is 63.7 Å². The van der Waals surface area contributed by atoms with Crippen LogP contribution in [0.4, 0.5) is 0 Å². The third-order valence-corrected chi connectivity index (χ3v) is 7.30. The van der Waals surface area contributed by atoms with E-state index in [2.05, 4.69) is 61.1 Å². The van der Waals surface area contributed by atoms with Crippen molar-refractivity contribution in [2.24, 2.45) is 0 Å². The summed E-state index contributed by atoms with van der Waals surface area (Å²) in [5.74, 6) is 0.256. The second-order valence-corrected chi connectivity index (χ2v) is 10.1. The first-order chi connectivity index (χ1) is 18.3. The van der Waals surface area contributed by atoms with Crippen molar-refractivity contribution in [1.29, 1.82) is 0 Å². The Kier molecular flexibility index (Phi) is 8.82. The lowest BCUT2D eigenvalue weighted by Gasteiger charge is -2.08. The number of aliphatic hydroxyl groups is 3. The Morgan fingerprint density at radius 1 is 0.895 bits per heavy atom. The van der Waals surface area contributed by atoms with Crippen molar-refractivity contribution in [2.75, 3.05) is 19.8 Å². The summed E-state index contributed by atoms with van der Waals surface area (Å²) in [6.07, 6.45) is 3.01. The SMILES string of the molecule is CCCO.CCc1cc2cc3cc(C)c(cc4nc(c(CCO)c5nc(cc1[nH]2)C(C)=C5CO)CC4C)[nH]3. The van der Waals surface area contributed by atoms with Gasteiger partial charge in [-0.05, 0) is 86.6 Å². The van der Waals surface area contributed by atoms with Crippen LogP contribution in [0.5, 0.6) is 0 Å². The molecule has 1 atom stereocenters. The van der Waals surface area contributed by atoms with E-state index in [0.717, 1.165) is 80.8 Å². The zero-order valence-corrected chi connectivity index (χ0v) is 23.1. The van der Waals surface area contributed by atoms with Crippen LogP contribution in [0.3, 0.4) is 0 Å². The van der Waals surface area contributed by atoms with Crippen LogP contribution in [0.2, 0.25) is 0 Å². The highest BCUT2D eigenvalue weighted by Gasteiger charge is 2.25. The minimum absolute atomic E-state index is 0.00646. The van der Waals surface area contributed by atoms with Gasteiger partial charge >= 0.3 is 0 Å². The summed E-state index contributed by atoms with van der Waals surface area (Å²) in [5, 5.41) is 28.0. The van der Waals surface area contributed by atoms with Gasteiger partial charge in [0.2, 0.25) is 0 Å². The van der Waals surface area contributed by atoms with Crippen LogP contribution in [-0.4, -0.2) is 55.1 Å². The average molecular weight is 517 g/mol. The Morgan fingerprint density at radius 2 is 1.61 bits per heavy atom. The number of aromatic nitrogens is 4. The Bertz CT molecular complexity index is 1490. The summed E-state index contributed by atoms with van der Waals surface area (Å²) in [4.78, 5) is 17.1. The molecule has 3 aromatic rings. The zero-order chi connectivity index (χ0) is 27.4. The van der Waals surface area contributed by atoms with Crippen molar-refractivity contribution in [3.63, 3.8) is 0 Å². The molecule has 0 saturated carbocycles. The molecule has 5 heterocycles. The monoisotopic (exact) mass is 516 g/mol. The number of H-pyrrole nitrogens is 2. The molecular formula is C31H40N4O3. The lowest BCUT2D eigenvalue weighted by Crippen LogP contribution is -2.03. The van der Waals surface area contributed by atoms with E-state index >= 15 is 0 Å². The minimum atomic E-state index is -0.100. The summed E-state index contributed by atoms with van der Waals surface area (Å²) in [6.45, 7) is 10.6. The summed E-state index contributed by atoms with van der Waals surface area (Å²) < 4.78 is 0. The van der Waals surface area contributed by atoms with Gasteiger partial charge in [-0.15, -0.1) is 0 Å². The third-order valence-electron chi connectivity index (χ3n) is 7.30. The molecule has 0 aliphatic carbocycles. The van der Waals surface area contributed by atoms with E-state index in [4.69, 9.17) is 15.1 Å². The van der Waals surface area contributed by atoms with Gasteiger partial charge in [0.1, 0.15) is 0 Å². The van der Waals surface area contributed by atoms with Gasteiger partial charge in [0.05, 0.1) is 18.0 Å². The van der Waals surface area contributed by atoms with Crippen molar-refractivity contribution >= 4 is 33.2 Å². The van der Waals surface area contributed by atoms with E-state index in [-0.39, 0.29) is 19.1 Å². The van der Waals surface area contributed by atoms with E-state index in [0.29, 0.717) is 13.0 Å². The Balaban J connectivity index is 0.000000786. The van der Waals surface area contributed by atoms with Crippen LogP contribution in [0.15, 0.2) is 30.3 Å². The molecule has 5 rings (SSSR count). The van der Waals surface area contributed by atoms with Crippen molar-refractivity contribution in [3.05, 3.63) is 69.8 Å². The maximum absolute atomic E-state index is 10.3. The molecule has 0 radical (unpaired) electrons. The van der Waals surface area contributed by atoms with Crippen LogP contribution >= 0.6 is 0 Å². The molecule has 7 nitrogen and oxygen atoms in total. The largest absolute Gasteiger partial charge is 0.396 e. The highest BCUT2D eigenvalue weighted by Crippen LogP contribution is 2.35. The fourth-order valence-electron chi connectivity index (χ4n) is 5.09. The van der Waals surface area contributed by atoms with Crippen LogP contribution in [0, 0.1) is 6.92 Å². The van der Waals surface area contributed by atoms with Crippen LogP contribution in [0.25, 0.3) is 33.2 Å². The number of fused-ring (bicyclic) bond motifs is 8. The van der Waals surface area contributed by atoms with Gasteiger partial charge in [0.15, 0.2) is 0 Å². The topological polar surface area (TPSA) is 118 Å². The smallest absolute Gasteiger partial charge is 0.0746 e. The second-order valence-electron chi connectivity index (χ2n) is 10.1. The molecular weight excluding hydrogens is 476 g/mol. The molecule has 1 unspecified atom stereocenters. The molecule has 2 aliphatic rings. The van der Waals surface area contributed by atoms with Crippen molar-refractivity contribution in [2.45, 2.75) is 66.2 Å². The lowest BCUT2D eigenvalue weighted by molar-refractivity contribution is 0.295. The molecule has 3 aromatic heterocycles. The molecule has 5 N–H and O–H groups in total. The summed E-state index contributed by atoms with van der Waals surface area (Å²) in [5.41, 5.74) is 12.8. The summed E-state index contributed by atoms with van der Waals surface area (Å²) >= 11 is 0. The standard InChI is InChI=1S/C28H32N4O2.C3H8O/c1-5-18-10-20-11-19-8-15(2)23(29-19)12-24-16(3)9-27(31-24)21(6-7-33)28-22(14-34)17(4)25(32-28)13-26(18)30-20;1-2-3-4/h8,10-13,16,29-30,33-34H,5-7,9,14H2,1-4H3;4H,2-3H2,1H3. The molecule has 38 heavy (non-hydrogen) atoms. The minimum Gasteiger partial charge on any atom is -0.396 e. The van der Waals surface area contributed by atoms with Gasteiger partial charge in [-0.3, -0.25) is 4.98 Å². The highest BCUT2D eigenvalue weighted by atomic mass is 16.3. The predicted octanol–water partition coefficient (Wildman–Crippen LogP) is 5.38. The van der Waals surface area contributed by atoms with Crippen molar-refractivity contribution < 1.29 is 15.3 Å². The first-order valence-corrected chi connectivity index (χ1v) is 13.6. The number of hydrogen-bond donors (Lipinski definition) is 5. The molecule has 2 aliphatic heterocycles. The number of aryl methyl sites for hydroxylation is 2. The van der Waals surface area contributed by atoms with Gasteiger partial charge in [-0.2, -0.15) is 0 Å². The number of nitrogens with one attached hydrogen (secondary N) is 2. The Morgan fingerprint density at radius 3 is 2.26 bits per heavy atom. The number of allylic oxidation sites excluding steroid dienone is 1. The molecule has 7 heteroatoms. The van der Waals surface area contributed by atoms with Crippen molar-refractivity contribution in [1.82, 2.24) is 19.9 Å². The predicted molar refractivity (Wildman–Crippen MR) is 155 cm³/mol. The van der Waals surface area contributed by atoms with Crippen LogP contribution < -0.4 is 0 Å². The van der Waals surface area contributed by atoms with Gasteiger partial charge in [-0.25, -0.2) is 4.98 Å². The van der Waals surface area contributed by atoms with E-state index in [1.165, 1.54) is 11.1 Å². The number of aliphatic hydroxyl groups excluding tert-OH is 3. The summed E-state index contributed by atoms with van der Waals surface area (Å²) in [6, 6.07) is 10.7. The first kappa shape index (κ1) is 27.8. The molecule has 0 saturated heterocycles. The van der Waals surface area contributed by atoms with Crippen LogP contribution in [-0.2, 0) is 19.3 Å². The first-order valence-electron chi connectivity index (χ1n) is 13.6. The molecule has 0 aromatic carbocycles. The zero-order valence-electron chi connectivity index (χ0n) is 23.1. The lowest BCUT2D eigenvalue weighted by atomic mass is 9.97. The molecule has 0 fully saturated rings. The van der Waals surface area contributed by atoms with Gasteiger partial charge in [-0.1, -0.05) is 20.8 Å². The highest BCUT2D eigenvalue weighted by molar-refractivity contribution is 5.93. The van der Waals surface area contributed by atoms with E-state index in [1.54, 1.807) is 0 Å². The van der Waals surface area contributed by atoms with E-state index < -0.39 is 0 Å². The average Bonchev–Trinajstić information content (AvgIpc) is 3.64. The molecule has 0 amide bonds. The quantitative estimate of drug-likeness (QED) is 0.312. The number of nitrogens with zero attached hydrogens (tertiary/aromatic N) is 2. The Hall–Kier alpha value is -3.26. The second kappa shape index (κ2) is 12.1. The normalized spacial score (nSPS) is 15.0. The molecule has 202 valence electrons. The number of rotatable bonds is 5. The van der Waals surface area contributed by atoms with Gasteiger partial charge < -0.3 is 25.3 Å². The molecule has 8 bridgehead atoms. The van der Waals surface area contributed by atoms with E-state index in [9.17, 15) is 10.2 Å². The van der Waals surface area contributed by atoms with E-state index in [1.807, 2.05) is 13.8 Å². The Labute approximate surface area is 224 Å². The fourth-order valence-corrected chi connectivity index (χ4v) is 5.09. The summed E-state index contributed by atoms with van der Waals surface area (Å²) in [7, 11) is 0. The maximum Gasteiger partial charge on any atom is 0.0746 e. The van der Waals surface area contributed by atoms with Gasteiger partial charge in [0.25, 0.3) is 0 Å². The molecule has 0 spiro atoms. The number of hydrogen-bond acceptors (Lipinski definition) is 5. The third kappa shape index (κ3) is 5.60.